The summed E-state index contributed by atoms with van der Waals surface area (Å²) < 4.78 is 12.3. The first-order chi connectivity index (χ1) is 22.4. The predicted molar refractivity (Wildman–Crippen MR) is 194 cm³/mol. The lowest BCUT2D eigenvalue weighted by molar-refractivity contribution is -0.155. The quantitative estimate of drug-likeness (QED) is 0.0625. The number of carbonyl (C=O) groups excluding carboxylic acids is 2. The Kier molecular flexibility index (Phi) is 23.9. The highest BCUT2D eigenvalue weighted by molar-refractivity contribution is 5.73. The molecule has 2 rings (SSSR count). The molecule has 5 heteroatoms. The number of carbonyl (C=O) groups is 2. The van der Waals surface area contributed by atoms with E-state index in [-0.39, 0.29) is 36.0 Å². The van der Waals surface area contributed by atoms with Gasteiger partial charge >= 0.3 is 11.9 Å². The molecule has 0 radical (unpaired) electrons. The molecular formula is C41H77NO4. The molecule has 1 aliphatic heterocycles. The number of likely N-dealkylation sites (tertiary alicyclic amines) is 1. The number of unbranched alkanes of at least 4 members (excludes halogenated alkanes) is 15. The summed E-state index contributed by atoms with van der Waals surface area (Å²) in [5.74, 6) is 0.969. The zero-order valence-electron chi connectivity index (χ0n) is 31.2. The maximum Gasteiger partial charge on any atom is 0.309 e. The van der Waals surface area contributed by atoms with E-state index in [9.17, 15) is 9.59 Å². The van der Waals surface area contributed by atoms with Gasteiger partial charge in [0.25, 0.3) is 0 Å². The van der Waals surface area contributed by atoms with Crippen molar-refractivity contribution in [2.24, 2.45) is 17.8 Å². The lowest BCUT2D eigenvalue weighted by atomic mass is 9.88. The van der Waals surface area contributed by atoms with Gasteiger partial charge < -0.3 is 14.4 Å². The number of esters is 2. The smallest absolute Gasteiger partial charge is 0.309 e. The average Bonchev–Trinajstić information content (AvgIpc) is 3.48. The van der Waals surface area contributed by atoms with Gasteiger partial charge in [0.15, 0.2) is 0 Å². The third-order valence-electron chi connectivity index (χ3n) is 11.0. The highest BCUT2D eigenvalue weighted by atomic mass is 16.5. The number of rotatable bonds is 28. The maximum absolute atomic E-state index is 13.4. The van der Waals surface area contributed by atoms with Crippen LogP contribution in [0.2, 0.25) is 0 Å². The predicted octanol–water partition coefficient (Wildman–Crippen LogP) is 11.6. The van der Waals surface area contributed by atoms with E-state index < -0.39 is 0 Å². The van der Waals surface area contributed by atoms with Gasteiger partial charge in [-0.05, 0) is 83.3 Å². The van der Waals surface area contributed by atoms with Crippen molar-refractivity contribution in [3.63, 3.8) is 0 Å². The second-order valence-corrected chi connectivity index (χ2v) is 15.4. The second kappa shape index (κ2) is 26.8. The van der Waals surface area contributed by atoms with Crippen molar-refractivity contribution in [2.75, 3.05) is 20.1 Å². The summed E-state index contributed by atoms with van der Waals surface area (Å²) in [6, 6.07) is 0. The molecule has 270 valence electrons. The van der Waals surface area contributed by atoms with Crippen LogP contribution in [-0.2, 0) is 19.1 Å². The fraction of sp³-hybridized carbons (Fsp3) is 0.951. The van der Waals surface area contributed by atoms with Crippen molar-refractivity contribution >= 4 is 11.9 Å². The summed E-state index contributed by atoms with van der Waals surface area (Å²) >= 11 is 0. The van der Waals surface area contributed by atoms with Crippen molar-refractivity contribution in [1.29, 1.82) is 0 Å². The minimum absolute atomic E-state index is 0.0119. The van der Waals surface area contributed by atoms with Crippen molar-refractivity contribution in [3.05, 3.63) is 0 Å². The molecule has 3 atom stereocenters. The zero-order valence-corrected chi connectivity index (χ0v) is 31.2. The van der Waals surface area contributed by atoms with E-state index in [1.165, 1.54) is 128 Å². The molecule has 0 aromatic heterocycles. The number of hydrogen-bond acceptors (Lipinski definition) is 5. The topological polar surface area (TPSA) is 55.8 Å². The highest BCUT2D eigenvalue weighted by Gasteiger charge is 2.33. The number of nitrogens with zero attached hydrogens (tertiary/aromatic N) is 1. The Morgan fingerprint density at radius 1 is 0.652 bits per heavy atom. The van der Waals surface area contributed by atoms with Crippen LogP contribution in [0.25, 0.3) is 0 Å². The van der Waals surface area contributed by atoms with Gasteiger partial charge in [0, 0.05) is 6.42 Å². The first kappa shape index (κ1) is 41.1. The molecule has 1 saturated heterocycles. The lowest BCUT2D eigenvalue weighted by Crippen LogP contribution is -2.35. The van der Waals surface area contributed by atoms with Gasteiger partial charge in [-0.25, -0.2) is 0 Å². The van der Waals surface area contributed by atoms with Crippen molar-refractivity contribution < 1.29 is 19.1 Å². The summed E-state index contributed by atoms with van der Waals surface area (Å²) in [6.45, 7) is 8.79. The van der Waals surface area contributed by atoms with Crippen molar-refractivity contribution in [1.82, 2.24) is 4.90 Å². The number of piperidine rings is 1. The molecule has 0 aromatic rings. The van der Waals surface area contributed by atoms with Gasteiger partial charge in [0.05, 0.1) is 5.92 Å². The Morgan fingerprint density at radius 3 is 1.70 bits per heavy atom. The van der Waals surface area contributed by atoms with E-state index in [4.69, 9.17) is 9.47 Å². The van der Waals surface area contributed by atoms with E-state index in [1.807, 2.05) is 0 Å². The molecule has 0 aromatic carbocycles. The Balaban J connectivity index is 1.87. The fourth-order valence-corrected chi connectivity index (χ4v) is 7.85. The van der Waals surface area contributed by atoms with E-state index in [0.29, 0.717) is 12.3 Å². The van der Waals surface area contributed by atoms with E-state index in [2.05, 4.69) is 32.7 Å². The molecule has 3 unspecified atom stereocenters. The average molecular weight is 648 g/mol. The van der Waals surface area contributed by atoms with Gasteiger partial charge in [0.1, 0.15) is 12.2 Å². The molecule has 5 nitrogen and oxygen atoms in total. The number of hydrogen-bond donors (Lipinski definition) is 0. The monoisotopic (exact) mass is 648 g/mol. The van der Waals surface area contributed by atoms with Crippen LogP contribution in [0.1, 0.15) is 201 Å². The summed E-state index contributed by atoms with van der Waals surface area (Å²) in [5.41, 5.74) is 0. The lowest BCUT2D eigenvalue weighted by Gasteiger charge is -2.28. The van der Waals surface area contributed by atoms with Crippen LogP contribution >= 0.6 is 0 Å². The number of ether oxygens (including phenoxy) is 2. The van der Waals surface area contributed by atoms with Gasteiger partial charge in [0.2, 0.25) is 0 Å². The van der Waals surface area contributed by atoms with E-state index in [1.54, 1.807) is 0 Å². The van der Waals surface area contributed by atoms with Crippen LogP contribution in [0, 0.1) is 17.8 Å². The first-order valence-corrected chi connectivity index (χ1v) is 20.5. The Labute approximate surface area is 286 Å². The largest absolute Gasteiger partial charge is 0.462 e. The van der Waals surface area contributed by atoms with Crippen LogP contribution in [0.15, 0.2) is 0 Å². The summed E-state index contributed by atoms with van der Waals surface area (Å²) in [5, 5.41) is 0. The van der Waals surface area contributed by atoms with Gasteiger partial charge in [-0.1, -0.05) is 143 Å². The first-order valence-electron chi connectivity index (χ1n) is 20.5. The van der Waals surface area contributed by atoms with Crippen LogP contribution in [-0.4, -0.2) is 49.2 Å². The van der Waals surface area contributed by atoms with E-state index in [0.717, 1.165) is 58.0 Å². The molecular weight excluding hydrogens is 570 g/mol. The van der Waals surface area contributed by atoms with Crippen molar-refractivity contribution in [2.45, 2.75) is 213 Å². The minimum atomic E-state index is -0.0251. The Hall–Kier alpha value is -1.10. The zero-order chi connectivity index (χ0) is 33.2. The molecule has 1 aliphatic carbocycles. The fourth-order valence-electron chi connectivity index (χ4n) is 7.85. The molecule has 2 aliphatic rings. The van der Waals surface area contributed by atoms with Gasteiger partial charge in [-0.3, -0.25) is 9.59 Å². The molecule has 0 bridgehead atoms. The van der Waals surface area contributed by atoms with Crippen LogP contribution in [0.5, 0.6) is 0 Å². The molecule has 1 heterocycles. The van der Waals surface area contributed by atoms with Crippen LogP contribution < -0.4 is 0 Å². The molecule has 0 N–H and O–H groups in total. The van der Waals surface area contributed by atoms with E-state index >= 15 is 0 Å². The third kappa shape index (κ3) is 19.7. The molecule has 46 heavy (non-hydrogen) atoms. The van der Waals surface area contributed by atoms with Crippen LogP contribution in [0.3, 0.4) is 0 Å². The molecule has 0 amide bonds. The highest BCUT2D eigenvalue weighted by Crippen LogP contribution is 2.33. The van der Waals surface area contributed by atoms with Crippen LogP contribution in [0.4, 0.5) is 0 Å². The maximum atomic E-state index is 13.4. The SMILES string of the molecule is CCCCCCCCC(CCCCCCCC)CC(CCCCCCCC)OC(=O)CC1CCC(OC(=O)C2CCN(C)CC2)C1. The third-order valence-corrected chi connectivity index (χ3v) is 11.0. The summed E-state index contributed by atoms with van der Waals surface area (Å²) in [6.07, 6.45) is 33.4. The summed E-state index contributed by atoms with van der Waals surface area (Å²) in [4.78, 5) is 28.4. The normalized spacial score (nSPS) is 19.9. The second-order valence-electron chi connectivity index (χ2n) is 15.4. The molecule has 1 saturated carbocycles. The minimum Gasteiger partial charge on any atom is -0.462 e. The Morgan fingerprint density at radius 2 is 1.15 bits per heavy atom. The molecule has 0 spiro atoms. The Bertz CT molecular complexity index is 733. The summed E-state index contributed by atoms with van der Waals surface area (Å²) in [7, 11) is 2.12. The van der Waals surface area contributed by atoms with Gasteiger partial charge in [-0.15, -0.1) is 0 Å². The van der Waals surface area contributed by atoms with Gasteiger partial charge in [-0.2, -0.15) is 0 Å². The van der Waals surface area contributed by atoms with Crippen molar-refractivity contribution in [3.8, 4) is 0 Å². The standard InChI is InChI=1S/C41H77NO4/c1-5-8-11-14-17-20-23-35(24-21-18-15-12-9-6-2)32-38(25-22-19-16-13-10-7-3)45-40(43)34-36-26-27-39(33-36)46-41(44)37-28-30-42(4)31-29-37/h35-39H,5-34H2,1-4H3. The molecule has 2 fully saturated rings.